The molecule has 2 atom stereocenters. The van der Waals surface area contributed by atoms with Gasteiger partial charge in [0.05, 0.1) is 6.10 Å². The van der Waals surface area contributed by atoms with Gasteiger partial charge in [0, 0.05) is 31.7 Å². The van der Waals surface area contributed by atoms with Crippen molar-refractivity contribution in [3.63, 3.8) is 0 Å². The lowest BCUT2D eigenvalue weighted by Gasteiger charge is -2.58. The summed E-state index contributed by atoms with van der Waals surface area (Å²) in [6.07, 6.45) is 0.761. The molecule has 0 bridgehead atoms. The Hall–Kier alpha value is -2.42. The first-order valence-electron chi connectivity index (χ1n) is 7.54. The molecule has 132 valence electrons. The maximum atomic E-state index is 12.4. The van der Waals surface area contributed by atoms with E-state index in [2.05, 4.69) is 10.3 Å². The van der Waals surface area contributed by atoms with E-state index in [1.54, 1.807) is 20.8 Å². The summed E-state index contributed by atoms with van der Waals surface area (Å²) in [6, 6.07) is 0. The zero-order chi connectivity index (χ0) is 18.3. The summed E-state index contributed by atoms with van der Waals surface area (Å²) in [6.45, 7) is 5.62. The largest absolute Gasteiger partial charge is 0.479 e. The Kier molecular flexibility index (Phi) is 4.40. The molecule has 0 aromatic carbocycles. The minimum atomic E-state index is -1.55. The summed E-state index contributed by atoms with van der Waals surface area (Å²) >= 11 is 0. The molecule has 1 aromatic rings. The van der Waals surface area contributed by atoms with Gasteiger partial charge in [0.15, 0.2) is 0 Å². The second-order valence-corrected chi connectivity index (χ2v) is 6.41. The number of nitrogens with zero attached hydrogens (tertiary/aromatic N) is 1. The number of carboxylic acids is 1. The van der Waals surface area contributed by atoms with Crippen molar-refractivity contribution < 1.29 is 19.4 Å². The Morgan fingerprint density at radius 3 is 2.58 bits per heavy atom. The van der Waals surface area contributed by atoms with Crippen molar-refractivity contribution in [3.05, 3.63) is 32.6 Å². The van der Waals surface area contributed by atoms with Crippen LogP contribution in [0.2, 0.25) is 0 Å². The molecule has 9 heteroatoms. The average molecular weight is 339 g/mol. The lowest BCUT2D eigenvalue weighted by atomic mass is 9.54. The van der Waals surface area contributed by atoms with Gasteiger partial charge in [0.25, 0.3) is 11.5 Å². The van der Waals surface area contributed by atoms with E-state index in [-0.39, 0.29) is 18.1 Å². The Labute approximate surface area is 137 Å². The van der Waals surface area contributed by atoms with Gasteiger partial charge in [-0.2, -0.15) is 0 Å². The van der Waals surface area contributed by atoms with Crippen molar-refractivity contribution >= 4 is 11.9 Å². The number of aliphatic carboxylic acids is 1. The summed E-state index contributed by atoms with van der Waals surface area (Å²) in [7, 11) is 1.23. The lowest BCUT2D eigenvalue weighted by Crippen LogP contribution is -2.76. The quantitative estimate of drug-likeness (QED) is 0.660. The number of H-pyrrole nitrogens is 1. The molecule has 24 heavy (non-hydrogen) atoms. The predicted molar refractivity (Wildman–Crippen MR) is 83.9 cm³/mol. The maximum Gasteiger partial charge on any atom is 0.330 e. The topological polar surface area (TPSA) is 130 Å². The van der Waals surface area contributed by atoms with Gasteiger partial charge >= 0.3 is 11.7 Å². The van der Waals surface area contributed by atoms with Crippen LogP contribution in [0, 0.1) is 5.41 Å². The van der Waals surface area contributed by atoms with Crippen LogP contribution in [0.3, 0.4) is 0 Å². The number of carbonyl (C=O) groups excluding carboxylic acids is 1. The van der Waals surface area contributed by atoms with Crippen LogP contribution in [-0.2, 0) is 16.6 Å². The monoisotopic (exact) mass is 339 g/mol. The number of carbonyl (C=O) groups is 2. The van der Waals surface area contributed by atoms with Crippen LogP contribution in [-0.4, -0.2) is 44.8 Å². The van der Waals surface area contributed by atoms with Gasteiger partial charge in [-0.3, -0.25) is 14.2 Å². The van der Waals surface area contributed by atoms with Crippen LogP contribution >= 0.6 is 0 Å². The van der Waals surface area contributed by atoms with Gasteiger partial charge in [-0.25, -0.2) is 9.59 Å². The molecular formula is C15H21N3O6. The van der Waals surface area contributed by atoms with Gasteiger partial charge in [-0.15, -0.1) is 0 Å². The fourth-order valence-electron chi connectivity index (χ4n) is 3.03. The van der Waals surface area contributed by atoms with Gasteiger partial charge < -0.3 is 20.1 Å². The van der Waals surface area contributed by atoms with Crippen molar-refractivity contribution in [2.45, 2.75) is 38.8 Å². The molecule has 1 heterocycles. The Morgan fingerprint density at radius 1 is 1.46 bits per heavy atom. The smallest absolute Gasteiger partial charge is 0.330 e. The number of aromatic amines is 1. The van der Waals surface area contributed by atoms with Crippen molar-refractivity contribution in [1.29, 1.82) is 0 Å². The number of hydrogen-bond acceptors (Lipinski definition) is 5. The first kappa shape index (κ1) is 17.9. The fraction of sp³-hybridized carbons (Fsp3) is 0.600. The fourth-order valence-corrected chi connectivity index (χ4v) is 3.03. The van der Waals surface area contributed by atoms with Crippen molar-refractivity contribution in [1.82, 2.24) is 14.9 Å². The number of rotatable bonds is 5. The molecule has 9 nitrogen and oxygen atoms in total. The number of nitrogens with one attached hydrogen (secondary N) is 2. The first-order valence-corrected chi connectivity index (χ1v) is 7.54. The number of carboxylic acid groups (broad SMARTS) is 1. The Morgan fingerprint density at radius 2 is 2.08 bits per heavy atom. The van der Waals surface area contributed by atoms with E-state index >= 15 is 0 Å². The summed E-state index contributed by atoms with van der Waals surface area (Å²) < 4.78 is 6.26. The lowest BCUT2D eigenvalue weighted by molar-refractivity contribution is -0.190. The van der Waals surface area contributed by atoms with E-state index in [0.717, 1.165) is 10.8 Å². The molecule has 0 unspecified atom stereocenters. The molecule has 3 N–H and O–H groups in total. The molecule has 1 fully saturated rings. The number of amides is 1. The molecule has 1 amide bonds. The summed E-state index contributed by atoms with van der Waals surface area (Å²) in [5.41, 5.74) is -4.20. The SMILES string of the molecule is CCO[C@@H]1C[C@](NC(=O)c2c[nH]c(=O)n(C)c2=O)(C(=O)O)C1(C)C. The average Bonchev–Trinajstić information content (AvgIpc) is 2.50. The molecule has 1 aliphatic rings. The molecule has 1 aromatic heterocycles. The standard InChI is InChI=1S/C15H21N3O6/c1-5-24-9-6-15(12(21)22,14(9,2)3)17-10(19)8-7-16-13(23)18(4)11(8)20/h7,9H,5-6H2,1-4H3,(H,16,23)(H,17,19)(H,21,22)/t9-,15+/m1/s1. The van der Waals surface area contributed by atoms with Gasteiger partial charge in [-0.05, 0) is 6.92 Å². The summed E-state index contributed by atoms with van der Waals surface area (Å²) in [5.74, 6) is -2.05. The van der Waals surface area contributed by atoms with Crippen molar-refractivity contribution in [2.24, 2.45) is 12.5 Å². The van der Waals surface area contributed by atoms with E-state index in [9.17, 15) is 24.3 Å². The Bertz CT molecular complexity index is 793. The van der Waals surface area contributed by atoms with E-state index in [1.807, 2.05) is 0 Å². The van der Waals surface area contributed by atoms with Gasteiger partial charge in [-0.1, -0.05) is 13.8 Å². The summed E-state index contributed by atoms with van der Waals surface area (Å²) in [5, 5.41) is 12.1. The first-order chi connectivity index (χ1) is 11.1. The van der Waals surface area contributed by atoms with Gasteiger partial charge in [0.2, 0.25) is 0 Å². The highest BCUT2D eigenvalue weighted by atomic mass is 16.5. The second-order valence-electron chi connectivity index (χ2n) is 6.41. The van der Waals surface area contributed by atoms with Crippen LogP contribution in [0.15, 0.2) is 15.8 Å². The molecule has 0 radical (unpaired) electrons. The second kappa shape index (κ2) is 5.90. The van der Waals surface area contributed by atoms with Crippen LogP contribution in [0.1, 0.15) is 37.6 Å². The minimum absolute atomic E-state index is 0.0958. The summed E-state index contributed by atoms with van der Waals surface area (Å²) in [4.78, 5) is 49.9. The number of ether oxygens (including phenoxy) is 1. The molecule has 1 aliphatic carbocycles. The van der Waals surface area contributed by atoms with Gasteiger partial charge in [0.1, 0.15) is 11.1 Å². The Balaban J connectivity index is 2.36. The van der Waals surface area contributed by atoms with Crippen LogP contribution < -0.4 is 16.6 Å². The zero-order valence-electron chi connectivity index (χ0n) is 14.0. The van der Waals surface area contributed by atoms with Crippen molar-refractivity contribution in [2.75, 3.05) is 6.61 Å². The van der Waals surface area contributed by atoms with E-state index in [0.29, 0.717) is 6.61 Å². The molecule has 0 saturated heterocycles. The third-order valence-corrected chi connectivity index (χ3v) is 4.88. The van der Waals surface area contributed by atoms with Crippen LogP contribution in [0.25, 0.3) is 0 Å². The third-order valence-electron chi connectivity index (χ3n) is 4.88. The molecule has 0 aliphatic heterocycles. The van der Waals surface area contributed by atoms with Crippen LogP contribution in [0.5, 0.6) is 0 Å². The normalized spacial score (nSPS) is 24.9. The highest BCUT2D eigenvalue weighted by molar-refractivity contribution is 5.98. The van der Waals surface area contributed by atoms with E-state index in [4.69, 9.17) is 4.74 Å². The zero-order valence-corrected chi connectivity index (χ0v) is 14.0. The number of hydrogen-bond donors (Lipinski definition) is 3. The minimum Gasteiger partial charge on any atom is -0.479 e. The predicted octanol–water partition coefficient (Wildman–Crippen LogP) is -0.538. The molecule has 0 spiro atoms. The maximum absolute atomic E-state index is 12.4. The highest BCUT2D eigenvalue weighted by Crippen LogP contribution is 2.51. The number of aromatic nitrogens is 2. The molecular weight excluding hydrogens is 318 g/mol. The van der Waals surface area contributed by atoms with E-state index in [1.165, 1.54) is 7.05 Å². The van der Waals surface area contributed by atoms with Crippen LogP contribution in [0.4, 0.5) is 0 Å². The third kappa shape index (κ3) is 2.44. The van der Waals surface area contributed by atoms with Crippen molar-refractivity contribution in [3.8, 4) is 0 Å². The highest BCUT2D eigenvalue weighted by Gasteiger charge is 2.66. The van der Waals surface area contributed by atoms with E-state index < -0.39 is 34.1 Å². The molecule has 1 saturated carbocycles. The molecule has 2 rings (SSSR count).